The van der Waals surface area contributed by atoms with Gasteiger partial charge in [-0.25, -0.2) is 0 Å². The van der Waals surface area contributed by atoms with Crippen LogP contribution in [0.3, 0.4) is 0 Å². The molecule has 0 spiro atoms. The molecule has 3 aromatic rings. The smallest absolute Gasteiger partial charge is 0.303 e. The molecule has 3 heterocycles. The van der Waals surface area contributed by atoms with E-state index >= 15 is 0 Å². The highest BCUT2D eigenvalue weighted by Crippen LogP contribution is 2.57. The van der Waals surface area contributed by atoms with Gasteiger partial charge in [0, 0.05) is 60.2 Å². The molecule has 2 saturated heterocycles. The SMILES string of the molecule is CCN1C/C(=C/C=C/c2ccc3c(c2)C2C(CC(=O)O)CCC2N3c2ccc3c(c2)C(C)(C)c2ccccc2-3)S/C1=C1/SC(=S)N(C)C1=O. The summed E-state index contributed by atoms with van der Waals surface area (Å²) in [4.78, 5) is 33.0. The maximum atomic E-state index is 12.8. The first-order chi connectivity index (χ1) is 23.6. The summed E-state index contributed by atoms with van der Waals surface area (Å²) in [6.45, 7) is 8.31. The molecule has 3 aromatic carbocycles. The summed E-state index contributed by atoms with van der Waals surface area (Å²) in [5.74, 6) is -0.479. The molecule has 3 atom stereocenters. The number of benzene rings is 3. The first-order valence-electron chi connectivity index (χ1n) is 17.0. The Hall–Kier alpha value is -3.79. The topological polar surface area (TPSA) is 64.1 Å². The highest BCUT2D eigenvalue weighted by molar-refractivity contribution is 8.27. The lowest BCUT2D eigenvalue weighted by Gasteiger charge is -2.29. The molecule has 49 heavy (non-hydrogen) atoms. The molecule has 3 unspecified atom stereocenters. The number of carbonyl (C=O) groups is 2. The monoisotopic (exact) mass is 705 g/mol. The van der Waals surface area contributed by atoms with Crippen LogP contribution in [0.2, 0.25) is 0 Å². The number of hydrogen-bond donors (Lipinski definition) is 1. The quantitative estimate of drug-likeness (QED) is 0.201. The third kappa shape index (κ3) is 5.27. The molecule has 6 nitrogen and oxygen atoms in total. The van der Waals surface area contributed by atoms with Crippen molar-refractivity contribution < 1.29 is 14.7 Å². The van der Waals surface area contributed by atoms with E-state index in [0.717, 1.165) is 36.5 Å². The molecule has 0 aromatic heterocycles. The number of carboxylic acid groups (broad SMARTS) is 1. The van der Waals surface area contributed by atoms with Crippen LogP contribution in [-0.2, 0) is 15.0 Å². The summed E-state index contributed by atoms with van der Waals surface area (Å²) in [5, 5.41) is 10.8. The van der Waals surface area contributed by atoms with Crippen LogP contribution in [0.1, 0.15) is 68.2 Å². The maximum Gasteiger partial charge on any atom is 0.303 e. The van der Waals surface area contributed by atoms with E-state index in [2.05, 4.69) is 109 Å². The molecule has 250 valence electrons. The number of rotatable bonds is 6. The summed E-state index contributed by atoms with van der Waals surface area (Å²) in [7, 11) is 1.74. The number of thiocarbonyl (C=S) groups is 1. The second-order valence-electron chi connectivity index (χ2n) is 14.1. The molecular weight excluding hydrogens is 667 g/mol. The molecule has 5 aliphatic rings. The number of likely N-dealkylation sites (N-methyl/N-ethyl adjacent to an activating group) is 2. The Morgan fingerprint density at radius 3 is 2.59 bits per heavy atom. The molecule has 1 saturated carbocycles. The Kier molecular flexibility index (Phi) is 8.08. The van der Waals surface area contributed by atoms with E-state index in [1.54, 1.807) is 23.7 Å². The van der Waals surface area contributed by atoms with Gasteiger partial charge >= 0.3 is 5.97 Å². The van der Waals surface area contributed by atoms with Crippen LogP contribution >= 0.6 is 35.7 Å². The van der Waals surface area contributed by atoms with Crippen molar-refractivity contribution >= 4 is 69.4 Å². The van der Waals surface area contributed by atoms with Crippen molar-refractivity contribution in [3.63, 3.8) is 0 Å². The maximum absolute atomic E-state index is 12.8. The molecule has 0 radical (unpaired) electrons. The second-order valence-corrected chi connectivity index (χ2v) is 16.9. The third-order valence-corrected chi connectivity index (χ3v) is 13.9. The first-order valence-corrected chi connectivity index (χ1v) is 19.0. The van der Waals surface area contributed by atoms with Gasteiger partial charge in [-0.05, 0) is 83.3 Å². The number of thioether (sulfide) groups is 2. The summed E-state index contributed by atoms with van der Waals surface area (Å²) >= 11 is 8.41. The molecule has 3 fully saturated rings. The molecule has 9 heteroatoms. The van der Waals surface area contributed by atoms with Crippen molar-refractivity contribution in [1.82, 2.24) is 9.80 Å². The number of anilines is 2. The lowest BCUT2D eigenvalue weighted by molar-refractivity contribution is -0.138. The fourth-order valence-electron chi connectivity index (χ4n) is 8.63. The van der Waals surface area contributed by atoms with E-state index < -0.39 is 5.97 Å². The Labute approximate surface area is 301 Å². The zero-order valence-electron chi connectivity index (χ0n) is 28.1. The van der Waals surface area contributed by atoms with Gasteiger partial charge < -0.3 is 14.9 Å². The van der Waals surface area contributed by atoms with E-state index in [-0.39, 0.29) is 35.6 Å². The fraction of sp³-hybridized carbons (Fsp3) is 0.325. The van der Waals surface area contributed by atoms with Crippen LogP contribution in [0.25, 0.3) is 17.2 Å². The van der Waals surface area contributed by atoms with Crippen LogP contribution < -0.4 is 4.90 Å². The average Bonchev–Trinajstić information content (AvgIpc) is 3.87. The van der Waals surface area contributed by atoms with Crippen molar-refractivity contribution in [1.29, 1.82) is 0 Å². The van der Waals surface area contributed by atoms with Crippen molar-refractivity contribution in [2.45, 2.75) is 57.4 Å². The minimum absolute atomic E-state index is 0.0277. The van der Waals surface area contributed by atoms with E-state index in [1.165, 1.54) is 55.9 Å². The number of allylic oxidation sites excluding steroid dienone is 2. The lowest BCUT2D eigenvalue weighted by Crippen LogP contribution is -2.28. The van der Waals surface area contributed by atoms with Crippen LogP contribution in [0.15, 0.2) is 87.7 Å². The standard InChI is InChI=1S/C40H39N3O3S3/c1-5-42-22-26(48-38(42)36-37(46)41(4)39(47)49-36)10-8-9-23-13-17-32-29(19-23)35-24(20-34(44)45)14-18-33(35)43(32)25-15-16-28-27-11-6-7-12-30(27)40(2,3)31(28)21-25/h6-13,15-17,19,21,24,33,35H,5,14,18,20,22H2,1-4H3,(H,44,45)/b9-8+,26-10-,38-36+. The Morgan fingerprint density at radius 1 is 1.04 bits per heavy atom. The van der Waals surface area contributed by atoms with Crippen LogP contribution in [0.5, 0.6) is 0 Å². The number of amides is 1. The predicted octanol–water partition coefficient (Wildman–Crippen LogP) is 9.11. The molecule has 2 aliphatic carbocycles. The van der Waals surface area contributed by atoms with Gasteiger partial charge in [0.15, 0.2) is 0 Å². The van der Waals surface area contributed by atoms with E-state index in [4.69, 9.17) is 12.2 Å². The fourth-order valence-corrected chi connectivity index (χ4v) is 11.2. The van der Waals surface area contributed by atoms with E-state index in [1.807, 2.05) is 0 Å². The molecule has 0 bridgehead atoms. The molecule has 1 N–H and O–H groups in total. The van der Waals surface area contributed by atoms with Gasteiger partial charge in [-0.15, -0.1) is 0 Å². The Balaban J connectivity index is 1.11. The second kappa shape index (κ2) is 12.2. The number of nitrogens with zero attached hydrogens (tertiary/aromatic N) is 3. The van der Waals surface area contributed by atoms with Crippen molar-refractivity contribution in [2.24, 2.45) is 5.92 Å². The summed E-state index contributed by atoms with van der Waals surface area (Å²) in [6.07, 6.45) is 8.46. The highest BCUT2D eigenvalue weighted by Gasteiger charge is 2.48. The predicted molar refractivity (Wildman–Crippen MR) is 206 cm³/mol. The largest absolute Gasteiger partial charge is 0.481 e. The normalized spacial score (nSPS) is 25.9. The van der Waals surface area contributed by atoms with E-state index in [9.17, 15) is 14.7 Å². The molecule has 1 amide bonds. The van der Waals surface area contributed by atoms with Gasteiger partial charge in [-0.3, -0.25) is 14.5 Å². The number of fused-ring (bicyclic) bond motifs is 6. The van der Waals surface area contributed by atoms with Gasteiger partial charge in [-0.1, -0.05) is 104 Å². The summed E-state index contributed by atoms with van der Waals surface area (Å²) in [6, 6.07) is 22.6. The van der Waals surface area contributed by atoms with E-state index in [0.29, 0.717) is 9.23 Å². The third-order valence-electron chi connectivity index (χ3n) is 11.0. The molecule has 3 aliphatic heterocycles. The molecule has 8 rings (SSSR count). The first kappa shape index (κ1) is 32.4. The zero-order valence-corrected chi connectivity index (χ0v) is 30.6. The summed E-state index contributed by atoms with van der Waals surface area (Å²) in [5.41, 5.74) is 9.98. The Bertz CT molecular complexity index is 2030. The van der Waals surface area contributed by atoms with Gasteiger partial charge in [-0.2, -0.15) is 0 Å². The average molecular weight is 706 g/mol. The molecular formula is C40H39N3O3S3. The number of aliphatic carboxylic acids is 1. The highest BCUT2D eigenvalue weighted by atomic mass is 32.2. The van der Waals surface area contributed by atoms with Gasteiger partial charge in [0.25, 0.3) is 5.91 Å². The van der Waals surface area contributed by atoms with Crippen molar-refractivity contribution in [3.8, 4) is 11.1 Å². The number of carbonyl (C=O) groups excluding carboxylic acids is 1. The number of carboxylic acids is 1. The van der Waals surface area contributed by atoms with Gasteiger partial charge in [0.1, 0.15) is 9.23 Å². The lowest BCUT2D eigenvalue weighted by atomic mass is 9.82. The van der Waals surface area contributed by atoms with Crippen LogP contribution in [-0.4, -0.2) is 57.3 Å². The minimum atomic E-state index is -0.721. The van der Waals surface area contributed by atoms with Crippen molar-refractivity contribution in [3.05, 3.63) is 110 Å². The van der Waals surface area contributed by atoms with Gasteiger partial charge in [0.05, 0.1) is 5.03 Å². The van der Waals surface area contributed by atoms with Gasteiger partial charge in [0.2, 0.25) is 0 Å². The Morgan fingerprint density at radius 2 is 1.84 bits per heavy atom. The minimum Gasteiger partial charge on any atom is -0.481 e. The summed E-state index contributed by atoms with van der Waals surface area (Å²) < 4.78 is 0.595. The van der Waals surface area contributed by atoms with Crippen LogP contribution in [0, 0.1) is 5.92 Å². The van der Waals surface area contributed by atoms with Crippen LogP contribution in [0.4, 0.5) is 11.4 Å². The zero-order chi connectivity index (χ0) is 34.2. The van der Waals surface area contributed by atoms with Crippen molar-refractivity contribution in [2.75, 3.05) is 25.0 Å². The number of hydrogen-bond acceptors (Lipinski definition) is 7.